The van der Waals surface area contributed by atoms with E-state index in [0.29, 0.717) is 35.2 Å². The molecule has 0 amide bonds. The molecule has 0 radical (unpaired) electrons. The molecule has 0 bridgehead atoms. The Kier molecular flexibility index (Phi) is 4.43. The quantitative estimate of drug-likeness (QED) is 0.631. The van der Waals surface area contributed by atoms with Crippen molar-refractivity contribution in [3.05, 3.63) is 68.3 Å². The first-order valence-corrected chi connectivity index (χ1v) is 9.15. The summed E-state index contributed by atoms with van der Waals surface area (Å²) in [6.07, 6.45) is 1.53. The zero-order valence-electron chi connectivity index (χ0n) is 15.6. The molecule has 3 heterocycles. The third kappa shape index (κ3) is 2.86. The van der Waals surface area contributed by atoms with E-state index in [2.05, 4.69) is 16.7 Å². The van der Waals surface area contributed by atoms with Crippen molar-refractivity contribution in [1.29, 1.82) is 0 Å². The number of rotatable bonds is 4. The highest BCUT2D eigenvalue weighted by atomic mass is 35.5. The van der Waals surface area contributed by atoms with Gasteiger partial charge in [-0.15, -0.1) is 6.58 Å². The fourth-order valence-electron chi connectivity index (χ4n) is 3.38. The van der Waals surface area contributed by atoms with Gasteiger partial charge in [-0.25, -0.2) is 9.80 Å². The Labute approximate surface area is 165 Å². The van der Waals surface area contributed by atoms with Crippen molar-refractivity contribution >= 4 is 34.4 Å². The Balaban J connectivity index is 1.91. The van der Waals surface area contributed by atoms with E-state index in [1.54, 1.807) is 12.1 Å². The molecule has 0 unspecified atom stereocenters. The molecule has 3 aromatic rings. The molecular weight excluding hydrogens is 380 g/mol. The monoisotopic (exact) mass is 398 g/mol. The molecule has 144 valence electrons. The van der Waals surface area contributed by atoms with Crippen molar-refractivity contribution in [3.8, 4) is 0 Å². The number of hydrogen-bond acceptors (Lipinski definition) is 5. The molecule has 1 aromatic carbocycles. The van der Waals surface area contributed by atoms with Gasteiger partial charge in [-0.3, -0.25) is 18.5 Å². The van der Waals surface area contributed by atoms with Crippen molar-refractivity contribution in [3.63, 3.8) is 0 Å². The number of benzene rings is 1. The minimum atomic E-state index is -0.422. The molecule has 0 spiro atoms. The van der Waals surface area contributed by atoms with E-state index in [0.717, 1.165) is 15.8 Å². The normalized spacial score (nSPS) is 13.5. The number of allylic oxidation sites excluding steroid dienone is 1. The predicted molar refractivity (Wildman–Crippen MR) is 110 cm³/mol. The van der Waals surface area contributed by atoms with Crippen LogP contribution >= 0.6 is 11.6 Å². The van der Waals surface area contributed by atoms with Gasteiger partial charge in [-0.1, -0.05) is 29.8 Å². The first-order chi connectivity index (χ1) is 13.4. The van der Waals surface area contributed by atoms with E-state index in [4.69, 9.17) is 11.6 Å². The summed E-state index contributed by atoms with van der Waals surface area (Å²) in [7, 11) is 1.61. The second kappa shape index (κ2) is 6.79. The number of hydrogen-bond donors (Lipinski definition) is 0. The highest BCUT2D eigenvalue weighted by Crippen LogP contribution is 2.25. The average molecular weight is 399 g/mol. The summed E-state index contributed by atoms with van der Waals surface area (Å²) in [5, 5.41) is 7.00. The first kappa shape index (κ1) is 18.2. The SMILES string of the molecule is C=CCn1c(=O)c2c(nc3n2CC(C)=NN3Cc2ccc(Cl)cc2)n(C)c1=O. The molecule has 1 aliphatic heterocycles. The topological polar surface area (TPSA) is 77.4 Å². The highest BCUT2D eigenvalue weighted by Gasteiger charge is 2.26. The lowest BCUT2D eigenvalue weighted by Crippen LogP contribution is -2.39. The zero-order valence-corrected chi connectivity index (χ0v) is 16.3. The molecule has 0 N–H and O–H groups in total. The van der Waals surface area contributed by atoms with Crippen LogP contribution in [-0.4, -0.2) is 24.4 Å². The molecule has 4 rings (SSSR count). The van der Waals surface area contributed by atoms with E-state index in [1.807, 2.05) is 35.8 Å². The summed E-state index contributed by atoms with van der Waals surface area (Å²) in [6, 6.07) is 7.47. The van der Waals surface area contributed by atoms with Crippen LogP contribution in [0.5, 0.6) is 0 Å². The first-order valence-electron chi connectivity index (χ1n) is 8.77. The number of hydrazone groups is 1. The maximum absolute atomic E-state index is 13.0. The summed E-state index contributed by atoms with van der Waals surface area (Å²) in [5.74, 6) is 0.527. The van der Waals surface area contributed by atoms with Gasteiger partial charge in [-0.2, -0.15) is 10.1 Å². The van der Waals surface area contributed by atoms with Gasteiger partial charge >= 0.3 is 5.69 Å². The molecule has 0 saturated carbocycles. The number of imidazole rings is 1. The van der Waals surface area contributed by atoms with Gasteiger partial charge in [0.15, 0.2) is 11.2 Å². The summed E-state index contributed by atoms with van der Waals surface area (Å²) in [6.45, 7) is 6.57. The van der Waals surface area contributed by atoms with E-state index in [1.165, 1.54) is 10.6 Å². The molecule has 0 atom stereocenters. The van der Waals surface area contributed by atoms with Crippen LogP contribution in [0.1, 0.15) is 12.5 Å². The molecule has 28 heavy (non-hydrogen) atoms. The van der Waals surface area contributed by atoms with Crippen LogP contribution < -0.4 is 16.3 Å². The minimum absolute atomic E-state index is 0.142. The van der Waals surface area contributed by atoms with Crippen molar-refractivity contribution in [2.24, 2.45) is 12.1 Å². The smallest absolute Gasteiger partial charge is 0.297 e. The van der Waals surface area contributed by atoms with Crippen LogP contribution in [-0.2, 0) is 26.7 Å². The maximum Gasteiger partial charge on any atom is 0.332 e. The summed E-state index contributed by atoms with van der Waals surface area (Å²) in [5.41, 5.74) is 1.77. The number of nitrogens with zero attached hydrogens (tertiary/aromatic N) is 6. The lowest BCUT2D eigenvalue weighted by Gasteiger charge is -2.25. The second-order valence-corrected chi connectivity index (χ2v) is 7.17. The highest BCUT2D eigenvalue weighted by molar-refractivity contribution is 6.30. The van der Waals surface area contributed by atoms with Gasteiger partial charge in [0, 0.05) is 18.6 Å². The molecule has 0 fully saturated rings. The van der Waals surface area contributed by atoms with E-state index < -0.39 is 5.69 Å². The Morgan fingerprint density at radius 1 is 1.25 bits per heavy atom. The van der Waals surface area contributed by atoms with Crippen molar-refractivity contribution in [1.82, 2.24) is 18.7 Å². The molecule has 1 aliphatic rings. The second-order valence-electron chi connectivity index (χ2n) is 6.74. The average Bonchev–Trinajstić information content (AvgIpc) is 3.05. The van der Waals surface area contributed by atoms with E-state index >= 15 is 0 Å². The van der Waals surface area contributed by atoms with Crippen molar-refractivity contribution < 1.29 is 0 Å². The van der Waals surface area contributed by atoms with Crippen LogP contribution in [0.4, 0.5) is 5.95 Å². The Hall–Kier alpha value is -3.13. The van der Waals surface area contributed by atoms with Gasteiger partial charge in [0.05, 0.1) is 18.8 Å². The number of anilines is 1. The van der Waals surface area contributed by atoms with Crippen LogP contribution in [0.25, 0.3) is 11.2 Å². The number of aryl methyl sites for hydroxylation is 1. The van der Waals surface area contributed by atoms with Crippen LogP contribution in [0.2, 0.25) is 5.02 Å². The third-order valence-corrected chi connectivity index (χ3v) is 4.93. The van der Waals surface area contributed by atoms with Gasteiger partial charge in [0.25, 0.3) is 5.56 Å². The molecule has 9 heteroatoms. The third-order valence-electron chi connectivity index (χ3n) is 4.68. The van der Waals surface area contributed by atoms with Gasteiger partial charge in [0.2, 0.25) is 5.95 Å². The van der Waals surface area contributed by atoms with Crippen LogP contribution in [0.3, 0.4) is 0 Å². The predicted octanol–water partition coefficient (Wildman–Crippen LogP) is 2.13. The Bertz CT molecular complexity index is 1230. The van der Waals surface area contributed by atoms with Crippen molar-refractivity contribution in [2.45, 2.75) is 26.6 Å². The maximum atomic E-state index is 13.0. The van der Waals surface area contributed by atoms with Gasteiger partial charge in [-0.05, 0) is 24.6 Å². The fraction of sp³-hybridized carbons (Fsp3) is 0.263. The molecule has 8 nitrogen and oxygen atoms in total. The summed E-state index contributed by atoms with van der Waals surface area (Å²) >= 11 is 5.97. The lowest BCUT2D eigenvalue weighted by molar-refractivity contribution is 0.663. The molecular formula is C19H19ClN6O2. The van der Waals surface area contributed by atoms with E-state index in [-0.39, 0.29) is 12.1 Å². The Morgan fingerprint density at radius 3 is 2.64 bits per heavy atom. The molecule has 0 aliphatic carbocycles. The van der Waals surface area contributed by atoms with Gasteiger partial charge in [0.1, 0.15) is 0 Å². The number of halogens is 1. The van der Waals surface area contributed by atoms with Crippen LogP contribution in [0, 0.1) is 0 Å². The van der Waals surface area contributed by atoms with Crippen molar-refractivity contribution in [2.75, 3.05) is 5.01 Å². The van der Waals surface area contributed by atoms with Crippen LogP contribution in [0.15, 0.2) is 51.6 Å². The van der Waals surface area contributed by atoms with E-state index in [9.17, 15) is 9.59 Å². The Morgan fingerprint density at radius 2 is 1.96 bits per heavy atom. The number of fused-ring (bicyclic) bond motifs is 3. The zero-order chi connectivity index (χ0) is 20.0. The lowest BCUT2D eigenvalue weighted by atomic mass is 10.2. The number of aromatic nitrogens is 4. The fourth-order valence-corrected chi connectivity index (χ4v) is 3.50. The van der Waals surface area contributed by atoms with Gasteiger partial charge < -0.3 is 0 Å². The molecule has 0 saturated heterocycles. The standard InChI is InChI=1S/C19H19ClN6O2/c1-4-9-24-17(27)15-16(23(3)19(24)28)21-18-25(15)10-12(2)22-26(18)11-13-5-7-14(20)8-6-13/h4-8H,1,9-11H2,2-3H3. The largest absolute Gasteiger partial charge is 0.332 e. The molecule has 2 aromatic heterocycles. The minimum Gasteiger partial charge on any atom is -0.297 e. The summed E-state index contributed by atoms with van der Waals surface area (Å²) < 4.78 is 4.37. The summed E-state index contributed by atoms with van der Waals surface area (Å²) in [4.78, 5) is 30.1.